The van der Waals surface area contributed by atoms with E-state index in [4.69, 9.17) is 0 Å². The standard InChI is InChI=1S/C30H21/c1-30(2)27-17-25-21(15-20-12-11-18-7-3-5-9-22(18)28(20)25)16-26(27)24-14-13-19-8-4-6-10-23(19)29(24)30/h3,5-14,16-17H,15H2,1-2H3/q+1. The molecule has 0 amide bonds. The largest absolute Gasteiger partial charge is 0.111 e. The van der Waals surface area contributed by atoms with E-state index in [1.54, 1.807) is 0 Å². The van der Waals surface area contributed by atoms with Gasteiger partial charge in [-0.15, -0.1) is 0 Å². The van der Waals surface area contributed by atoms with Gasteiger partial charge in [-0.3, -0.25) is 0 Å². The van der Waals surface area contributed by atoms with Crippen LogP contribution in [0, 0.1) is 6.08 Å². The first kappa shape index (κ1) is 16.3. The molecule has 0 atom stereocenters. The summed E-state index contributed by atoms with van der Waals surface area (Å²) in [6.07, 6.45) is 10.7. The normalized spacial score (nSPS) is 15.9. The Morgan fingerprint density at radius 3 is 2.67 bits per heavy atom. The molecule has 4 aromatic carbocycles. The summed E-state index contributed by atoms with van der Waals surface area (Å²) < 4.78 is 0. The number of fused-ring (bicyclic) bond motifs is 10. The lowest BCUT2D eigenvalue weighted by Gasteiger charge is -2.23. The van der Waals surface area contributed by atoms with Crippen molar-refractivity contribution in [2.24, 2.45) is 0 Å². The van der Waals surface area contributed by atoms with Gasteiger partial charge in [0.25, 0.3) is 0 Å². The van der Waals surface area contributed by atoms with Crippen LogP contribution in [0.3, 0.4) is 0 Å². The quantitative estimate of drug-likeness (QED) is 0.243. The van der Waals surface area contributed by atoms with Crippen molar-refractivity contribution in [3.63, 3.8) is 0 Å². The van der Waals surface area contributed by atoms with Crippen LogP contribution in [0.25, 0.3) is 45.2 Å². The van der Waals surface area contributed by atoms with Crippen molar-refractivity contribution in [3.05, 3.63) is 106 Å². The van der Waals surface area contributed by atoms with E-state index in [0.29, 0.717) is 0 Å². The van der Waals surface area contributed by atoms with Gasteiger partial charge < -0.3 is 0 Å². The molecule has 0 radical (unpaired) electrons. The highest BCUT2D eigenvalue weighted by molar-refractivity contribution is 6.02. The first-order valence-corrected chi connectivity index (χ1v) is 10.7. The lowest BCUT2D eigenvalue weighted by Crippen LogP contribution is -2.17. The van der Waals surface area contributed by atoms with Gasteiger partial charge in [-0.05, 0) is 74.3 Å². The number of allylic oxidation sites excluding steroid dienone is 2. The second-order valence-electron chi connectivity index (χ2n) is 9.31. The summed E-state index contributed by atoms with van der Waals surface area (Å²) in [5.41, 5.74) is 14.1. The maximum atomic E-state index is 3.24. The van der Waals surface area contributed by atoms with E-state index < -0.39 is 0 Å². The zero-order valence-corrected chi connectivity index (χ0v) is 17.2. The number of hydrogen-bond acceptors (Lipinski definition) is 0. The van der Waals surface area contributed by atoms with Gasteiger partial charge >= 0.3 is 0 Å². The zero-order chi connectivity index (χ0) is 20.0. The lowest BCUT2D eigenvalue weighted by molar-refractivity contribution is 0.659. The Labute approximate surface area is 177 Å². The van der Waals surface area contributed by atoms with E-state index in [2.05, 4.69) is 92.7 Å². The molecule has 0 saturated heterocycles. The van der Waals surface area contributed by atoms with E-state index in [-0.39, 0.29) is 5.41 Å². The molecule has 0 N–H and O–H groups in total. The molecule has 3 aliphatic carbocycles. The van der Waals surface area contributed by atoms with Crippen LogP contribution in [0.1, 0.15) is 47.2 Å². The van der Waals surface area contributed by atoms with Crippen LogP contribution in [-0.4, -0.2) is 0 Å². The average Bonchev–Trinajstić information content (AvgIpc) is 3.25. The molecule has 0 aromatic heterocycles. The van der Waals surface area contributed by atoms with Crippen molar-refractivity contribution in [2.75, 3.05) is 0 Å². The fraction of sp³-hybridized carbons (Fsp3) is 0.133. The molecule has 4 aromatic rings. The van der Waals surface area contributed by atoms with Crippen LogP contribution >= 0.6 is 0 Å². The summed E-state index contributed by atoms with van der Waals surface area (Å²) in [6, 6.07) is 23.0. The van der Waals surface area contributed by atoms with Gasteiger partial charge in [0, 0.05) is 23.1 Å². The fourth-order valence-corrected chi connectivity index (χ4v) is 5.99. The van der Waals surface area contributed by atoms with Crippen LogP contribution in [0.2, 0.25) is 0 Å². The molecule has 140 valence electrons. The van der Waals surface area contributed by atoms with Gasteiger partial charge in [-0.25, -0.2) is 0 Å². The predicted octanol–water partition coefficient (Wildman–Crippen LogP) is 7.56. The van der Waals surface area contributed by atoms with Crippen LogP contribution < -0.4 is 0 Å². The Bertz CT molecular complexity index is 1470. The van der Waals surface area contributed by atoms with E-state index in [0.717, 1.165) is 6.42 Å². The van der Waals surface area contributed by atoms with Crippen molar-refractivity contribution in [2.45, 2.75) is 25.7 Å². The summed E-state index contributed by atoms with van der Waals surface area (Å²) in [7, 11) is 0. The minimum atomic E-state index is -0.0199. The topological polar surface area (TPSA) is 0 Å². The van der Waals surface area contributed by atoms with E-state index >= 15 is 0 Å². The maximum Gasteiger partial charge on any atom is 0.111 e. The van der Waals surface area contributed by atoms with Crippen molar-refractivity contribution in [3.8, 4) is 22.3 Å². The maximum absolute atomic E-state index is 3.24. The number of benzene rings is 4. The van der Waals surface area contributed by atoms with Gasteiger partial charge in [0.2, 0.25) is 0 Å². The summed E-state index contributed by atoms with van der Waals surface area (Å²) in [5.74, 6) is 0. The molecule has 0 unspecified atom stereocenters. The third-order valence-electron chi connectivity index (χ3n) is 7.36. The molecular formula is C30H21+. The highest BCUT2D eigenvalue weighted by atomic mass is 14.4. The molecule has 0 nitrogen and oxygen atoms in total. The van der Waals surface area contributed by atoms with Crippen LogP contribution in [-0.2, 0) is 11.8 Å². The van der Waals surface area contributed by atoms with E-state index in [9.17, 15) is 0 Å². The lowest BCUT2D eigenvalue weighted by atomic mass is 9.78. The van der Waals surface area contributed by atoms with Crippen molar-refractivity contribution >= 4 is 22.9 Å². The Morgan fingerprint density at radius 2 is 1.73 bits per heavy atom. The zero-order valence-electron chi connectivity index (χ0n) is 17.2. The first-order valence-electron chi connectivity index (χ1n) is 10.7. The average molecular weight is 381 g/mol. The SMILES string of the molecule is CC1(C)c2cc3c(cc2-c2ccc4c(c21)C=C[C+]=C4)Cc1ccc2ccccc2c1-3. The van der Waals surface area contributed by atoms with Gasteiger partial charge in [-0.2, -0.15) is 0 Å². The molecule has 3 aliphatic rings. The third-order valence-corrected chi connectivity index (χ3v) is 7.36. The predicted molar refractivity (Wildman–Crippen MR) is 126 cm³/mol. The van der Waals surface area contributed by atoms with E-state index in [1.165, 1.54) is 66.4 Å². The molecule has 0 saturated carbocycles. The third kappa shape index (κ3) is 1.90. The summed E-state index contributed by atoms with van der Waals surface area (Å²) in [4.78, 5) is 0. The van der Waals surface area contributed by atoms with Crippen LogP contribution in [0.4, 0.5) is 0 Å². The smallest absolute Gasteiger partial charge is 0.0616 e. The molecule has 0 fully saturated rings. The molecule has 0 heterocycles. The second-order valence-corrected chi connectivity index (χ2v) is 9.31. The van der Waals surface area contributed by atoms with E-state index in [1.807, 2.05) is 6.08 Å². The Kier molecular flexibility index (Phi) is 2.92. The highest BCUT2D eigenvalue weighted by Gasteiger charge is 2.41. The molecule has 0 spiro atoms. The molecule has 0 aliphatic heterocycles. The first-order chi connectivity index (χ1) is 14.6. The Morgan fingerprint density at radius 1 is 0.833 bits per heavy atom. The van der Waals surface area contributed by atoms with Crippen LogP contribution in [0.5, 0.6) is 0 Å². The van der Waals surface area contributed by atoms with Gasteiger partial charge in [0.15, 0.2) is 0 Å². The molecule has 7 rings (SSSR count). The molecular weight excluding hydrogens is 360 g/mol. The fourth-order valence-electron chi connectivity index (χ4n) is 5.99. The number of hydrogen-bond donors (Lipinski definition) is 0. The second kappa shape index (κ2) is 5.36. The summed E-state index contributed by atoms with van der Waals surface area (Å²) in [6.45, 7) is 4.78. The minimum Gasteiger partial charge on any atom is -0.0616 e. The van der Waals surface area contributed by atoms with Gasteiger partial charge in [-0.1, -0.05) is 50.2 Å². The van der Waals surface area contributed by atoms with Crippen molar-refractivity contribution in [1.29, 1.82) is 0 Å². The minimum absolute atomic E-state index is 0.0199. The summed E-state index contributed by atoms with van der Waals surface area (Å²) in [5, 5.41) is 2.71. The van der Waals surface area contributed by atoms with Crippen molar-refractivity contribution < 1.29 is 0 Å². The molecule has 0 bridgehead atoms. The Balaban J connectivity index is 1.52. The van der Waals surface area contributed by atoms with Crippen molar-refractivity contribution in [1.82, 2.24) is 0 Å². The Hall–Kier alpha value is -3.47. The molecule has 0 heteroatoms. The number of rotatable bonds is 0. The van der Waals surface area contributed by atoms with Gasteiger partial charge in [0.1, 0.15) is 12.2 Å². The monoisotopic (exact) mass is 381 g/mol. The summed E-state index contributed by atoms with van der Waals surface area (Å²) >= 11 is 0. The molecule has 30 heavy (non-hydrogen) atoms. The highest BCUT2D eigenvalue weighted by Crippen LogP contribution is 2.54. The van der Waals surface area contributed by atoms with Crippen LogP contribution in [0.15, 0.2) is 66.7 Å². The van der Waals surface area contributed by atoms with Gasteiger partial charge in [0.05, 0.1) is 17.2 Å².